The minimum atomic E-state index is 0. The Labute approximate surface area is 87.7 Å². The van der Waals surface area contributed by atoms with E-state index in [1.54, 1.807) is 0 Å². The third-order valence-electron chi connectivity index (χ3n) is 3.12. The second kappa shape index (κ2) is 5.78. The molecule has 80 valence electrons. The Morgan fingerprint density at radius 3 is 1.64 bits per heavy atom. The van der Waals surface area contributed by atoms with E-state index >= 15 is 0 Å². The zero-order valence-electron chi connectivity index (χ0n) is 9.66. The van der Waals surface area contributed by atoms with Crippen molar-refractivity contribution >= 4 is 5.69 Å². The van der Waals surface area contributed by atoms with E-state index in [2.05, 4.69) is 51.1 Å². The van der Waals surface area contributed by atoms with Crippen LogP contribution in [0.2, 0.25) is 0 Å². The maximum absolute atomic E-state index is 2.26. The monoisotopic (exact) mass is 195 g/mol. The highest BCUT2D eigenvalue weighted by Crippen LogP contribution is 2.21. The number of hydrogen-bond acceptors (Lipinski definition) is 1. The SMILES string of the molecule is CC[N+](CC)(CC)c1ccccc1.N. The van der Waals surface area contributed by atoms with Gasteiger partial charge >= 0.3 is 0 Å². The molecule has 1 aromatic rings. The maximum atomic E-state index is 2.26. The van der Waals surface area contributed by atoms with E-state index < -0.39 is 0 Å². The van der Waals surface area contributed by atoms with Gasteiger partial charge < -0.3 is 6.15 Å². The van der Waals surface area contributed by atoms with Gasteiger partial charge in [-0.25, -0.2) is 0 Å². The fourth-order valence-electron chi connectivity index (χ4n) is 1.96. The standard InChI is InChI=1S/C12H20N.H3N/c1-4-13(5-2,6-3)12-10-8-7-9-11-12;/h7-11H,4-6H2,1-3H3;1H3/q+1;. The molecule has 1 aromatic carbocycles. The summed E-state index contributed by atoms with van der Waals surface area (Å²) >= 11 is 0. The van der Waals surface area contributed by atoms with Crippen LogP contribution in [-0.2, 0) is 0 Å². The van der Waals surface area contributed by atoms with Crippen LogP contribution in [0.5, 0.6) is 0 Å². The Kier molecular flexibility index (Phi) is 5.43. The van der Waals surface area contributed by atoms with E-state index in [9.17, 15) is 0 Å². The van der Waals surface area contributed by atoms with Crippen LogP contribution in [-0.4, -0.2) is 19.6 Å². The topological polar surface area (TPSA) is 35.0 Å². The van der Waals surface area contributed by atoms with Crippen LogP contribution in [0.4, 0.5) is 5.69 Å². The first kappa shape index (κ1) is 13.1. The Balaban J connectivity index is 0.00000169. The largest absolute Gasteiger partial charge is 0.344 e. The normalized spacial score (nSPS) is 10.8. The van der Waals surface area contributed by atoms with Crippen LogP contribution in [0.15, 0.2) is 30.3 Å². The molecule has 3 N–H and O–H groups in total. The molecule has 0 radical (unpaired) electrons. The zero-order chi connectivity index (χ0) is 9.73. The molecule has 0 aliphatic rings. The molecule has 0 fully saturated rings. The van der Waals surface area contributed by atoms with Crippen LogP contribution in [0, 0.1) is 0 Å². The minimum absolute atomic E-state index is 0. The van der Waals surface area contributed by atoms with Gasteiger partial charge in [-0.2, -0.15) is 0 Å². The van der Waals surface area contributed by atoms with Crippen molar-refractivity contribution in [3.05, 3.63) is 30.3 Å². The van der Waals surface area contributed by atoms with Gasteiger partial charge in [-0.1, -0.05) is 18.2 Å². The van der Waals surface area contributed by atoms with Crippen molar-refractivity contribution in [1.82, 2.24) is 10.6 Å². The van der Waals surface area contributed by atoms with Crippen molar-refractivity contribution in [2.24, 2.45) is 0 Å². The smallest absolute Gasteiger partial charge is 0.132 e. The van der Waals surface area contributed by atoms with Crippen molar-refractivity contribution in [2.75, 3.05) is 19.6 Å². The van der Waals surface area contributed by atoms with Gasteiger partial charge in [0.15, 0.2) is 0 Å². The summed E-state index contributed by atoms with van der Waals surface area (Å²) in [5, 5.41) is 0. The molecule has 0 aliphatic carbocycles. The van der Waals surface area contributed by atoms with Crippen LogP contribution in [0.1, 0.15) is 20.8 Å². The molecule has 0 bridgehead atoms. The van der Waals surface area contributed by atoms with Gasteiger partial charge in [-0.3, -0.25) is 4.48 Å². The molecule has 0 aliphatic heterocycles. The van der Waals surface area contributed by atoms with Crippen LogP contribution in [0.3, 0.4) is 0 Å². The van der Waals surface area contributed by atoms with E-state index in [1.165, 1.54) is 25.3 Å². The summed E-state index contributed by atoms with van der Waals surface area (Å²) in [7, 11) is 0. The Morgan fingerprint density at radius 1 is 0.857 bits per heavy atom. The number of nitrogens with zero attached hydrogens (tertiary/aromatic N) is 1. The zero-order valence-corrected chi connectivity index (χ0v) is 9.66. The molecule has 14 heavy (non-hydrogen) atoms. The molecule has 0 heterocycles. The van der Waals surface area contributed by atoms with E-state index in [4.69, 9.17) is 0 Å². The Bertz CT molecular complexity index is 231. The first-order valence-electron chi connectivity index (χ1n) is 5.20. The van der Waals surface area contributed by atoms with Crippen LogP contribution in [0.25, 0.3) is 0 Å². The predicted molar refractivity (Wildman–Crippen MR) is 64.9 cm³/mol. The molecule has 0 spiro atoms. The lowest BCUT2D eigenvalue weighted by atomic mass is 10.2. The highest BCUT2D eigenvalue weighted by molar-refractivity contribution is 5.42. The van der Waals surface area contributed by atoms with Gasteiger partial charge in [-0.05, 0) is 32.9 Å². The summed E-state index contributed by atoms with van der Waals surface area (Å²) in [5.41, 5.74) is 1.44. The predicted octanol–water partition coefficient (Wildman–Crippen LogP) is 3.22. The fraction of sp³-hybridized carbons (Fsp3) is 0.500. The maximum Gasteiger partial charge on any atom is 0.132 e. The lowest BCUT2D eigenvalue weighted by Crippen LogP contribution is -2.48. The molecule has 0 amide bonds. The summed E-state index contributed by atoms with van der Waals surface area (Å²) < 4.78 is 1.10. The van der Waals surface area contributed by atoms with E-state index in [0.29, 0.717) is 0 Å². The molecule has 0 saturated heterocycles. The molecule has 0 aromatic heterocycles. The van der Waals surface area contributed by atoms with Gasteiger partial charge in [0.1, 0.15) is 5.69 Å². The summed E-state index contributed by atoms with van der Waals surface area (Å²) in [5.74, 6) is 0. The molecule has 0 unspecified atom stereocenters. The molecule has 0 atom stereocenters. The van der Waals surface area contributed by atoms with E-state index in [1.807, 2.05) is 0 Å². The van der Waals surface area contributed by atoms with Crippen molar-refractivity contribution in [1.29, 1.82) is 0 Å². The first-order chi connectivity index (χ1) is 6.29. The lowest BCUT2D eigenvalue weighted by Gasteiger charge is -2.35. The average Bonchev–Trinajstić information content (AvgIpc) is 2.23. The number of benzene rings is 1. The number of para-hydroxylation sites is 1. The number of hydrogen-bond donors (Lipinski definition) is 1. The van der Waals surface area contributed by atoms with Crippen molar-refractivity contribution in [3.8, 4) is 0 Å². The fourth-order valence-corrected chi connectivity index (χ4v) is 1.96. The quantitative estimate of drug-likeness (QED) is 0.736. The Hall–Kier alpha value is -0.860. The molecule has 2 heteroatoms. The Morgan fingerprint density at radius 2 is 1.29 bits per heavy atom. The third kappa shape index (κ3) is 2.34. The number of rotatable bonds is 4. The molecule has 0 saturated carbocycles. The van der Waals surface area contributed by atoms with Crippen LogP contribution < -0.4 is 10.6 Å². The van der Waals surface area contributed by atoms with E-state index in [0.717, 1.165) is 4.48 Å². The number of quaternary nitrogens is 1. The van der Waals surface area contributed by atoms with Crippen molar-refractivity contribution < 1.29 is 0 Å². The van der Waals surface area contributed by atoms with Gasteiger partial charge in [-0.15, -0.1) is 0 Å². The molecular formula is C12H23N2+. The van der Waals surface area contributed by atoms with Crippen molar-refractivity contribution in [2.45, 2.75) is 20.8 Å². The lowest BCUT2D eigenvalue weighted by molar-refractivity contribution is 0.316. The first-order valence-corrected chi connectivity index (χ1v) is 5.20. The van der Waals surface area contributed by atoms with Crippen LogP contribution >= 0.6 is 0 Å². The van der Waals surface area contributed by atoms with Gasteiger partial charge in [0, 0.05) is 0 Å². The van der Waals surface area contributed by atoms with E-state index in [-0.39, 0.29) is 6.15 Å². The van der Waals surface area contributed by atoms with Gasteiger partial charge in [0.2, 0.25) is 0 Å². The minimum Gasteiger partial charge on any atom is -0.344 e. The van der Waals surface area contributed by atoms with Crippen molar-refractivity contribution in [3.63, 3.8) is 0 Å². The average molecular weight is 195 g/mol. The second-order valence-corrected chi connectivity index (χ2v) is 3.43. The summed E-state index contributed by atoms with van der Waals surface area (Å²) in [6.45, 7) is 10.3. The second-order valence-electron chi connectivity index (χ2n) is 3.43. The summed E-state index contributed by atoms with van der Waals surface area (Å²) in [6, 6.07) is 10.8. The summed E-state index contributed by atoms with van der Waals surface area (Å²) in [4.78, 5) is 0. The highest BCUT2D eigenvalue weighted by atomic mass is 15.3. The molecule has 2 nitrogen and oxygen atoms in total. The van der Waals surface area contributed by atoms with Gasteiger partial charge in [0.25, 0.3) is 0 Å². The molecular weight excluding hydrogens is 172 g/mol. The third-order valence-corrected chi connectivity index (χ3v) is 3.12. The highest BCUT2D eigenvalue weighted by Gasteiger charge is 2.23. The van der Waals surface area contributed by atoms with Gasteiger partial charge in [0.05, 0.1) is 19.6 Å². The molecule has 1 rings (SSSR count). The summed E-state index contributed by atoms with van der Waals surface area (Å²) in [6.07, 6.45) is 0.